The van der Waals surface area contributed by atoms with E-state index in [-0.39, 0.29) is 0 Å². The molecule has 0 unspecified atom stereocenters. The van der Waals surface area contributed by atoms with Crippen LogP contribution >= 0.6 is 7.94 Å². The molecule has 3 nitrogen and oxygen atoms in total. The Morgan fingerprint density at radius 2 is 1.58 bits per heavy atom. The van der Waals surface area contributed by atoms with Crippen molar-refractivity contribution in [3.63, 3.8) is 0 Å². The predicted octanol–water partition coefficient (Wildman–Crippen LogP) is 2.12. The first-order valence-corrected chi connectivity index (χ1v) is 6.36. The van der Waals surface area contributed by atoms with E-state index in [1.54, 1.807) is 0 Å². The van der Waals surface area contributed by atoms with Crippen LogP contribution in [0.15, 0.2) is 0 Å². The van der Waals surface area contributed by atoms with Crippen molar-refractivity contribution in [1.29, 1.82) is 0 Å². The average Bonchev–Trinajstić information content (AvgIpc) is 2.55. The minimum atomic E-state index is -2.40. The summed E-state index contributed by atoms with van der Waals surface area (Å²) in [6.45, 7) is 1.17. The second-order valence-corrected chi connectivity index (χ2v) is 5.90. The van der Waals surface area contributed by atoms with Crippen molar-refractivity contribution in [1.82, 2.24) is 0 Å². The lowest BCUT2D eigenvalue weighted by Gasteiger charge is -2.33. The van der Waals surface area contributed by atoms with Crippen LogP contribution in [0.4, 0.5) is 0 Å². The fourth-order valence-electron chi connectivity index (χ4n) is 1.99. The van der Waals surface area contributed by atoms with Crippen molar-refractivity contribution < 1.29 is 13.9 Å². The van der Waals surface area contributed by atoms with Gasteiger partial charge in [0, 0.05) is 5.66 Å². The van der Waals surface area contributed by atoms with Gasteiger partial charge in [0.1, 0.15) is 0 Å². The van der Waals surface area contributed by atoms with Gasteiger partial charge in [0.15, 0.2) is 0 Å². The Morgan fingerprint density at radius 3 is 2.17 bits per heavy atom. The fraction of sp³-hybridized carbons (Fsp3) is 1.00. The van der Waals surface area contributed by atoms with Crippen molar-refractivity contribution in [3.05, 3.63) is 0 Å². The topological polar surface area (TPSA) is 38.7 Å². The van der Waals surface area contributed by atoms with E-state index in [2.05, 4.69) is 0 Å². The quantitative estimate of drug-likeness (QED) is 0.645. The van der Waals surface area contributed by atoms with Crippen LogP contribution < -0.4 is 0 Å². The lowest BCUT2D eigenvalue weighted by atomic mass is 10.0. The SMILES string of the molecule is O[P]1(C2CCCCC2)OCCO1. The van der Waals surface area contributed by atoms with Crippen LogP contribution in [0.3, 0.4) is 0 Å². The van der Waals surface area contributed by atoms with E-state index in [9.17, 15) is 4.89 Å². The maximum absolute atomic E-state index is 9.98. The van der Waals surface area contributed by atoms with E-state index in [4.69, 9.17) is 9.05 Å². The molecule has 1 saturated carbocycles. The molecule has 0 atom stereocenters. The molecule has 1 heterocycles. The highest BCUT2D eigenvalue weighted by Crippen LogP contribution is 2.66. The zero-order valence-electron chi connectivity index (χ0n) is 7.24. The highest BCUT2D eigenvalue weighted by atomic mass is 31.2. The summed E-state index contributed by atoms with van der Waals surface area (Å²) >= 11 is 0. The molecule has 1 N–H and O–H groups in total. The van der Waals surface area contributed by atoms with Crippen molar-refractivity contribution >= 4 is 7.94 Å². The number of hydrogen-bond donors (Lipinski definition) is 1. The monoisotopic (exact) mass is 191 g/mol. The molecule has 1 saturated heterocycles. The molecule has 1 aliphatic heterocycles. The Kier molecular flexibility index (Phi) is 2.66. The van der Waals surface area contributed by atoms with Crippen LogP contribution in [0.25, 0.3) is 0 Å². The minimum absolute atomic E-state index is 0.314. The molecule has 0 aromatic heterocycles. The third kappa shape index (κ3) is 1.64. The Hall–Kier alpha value is 0.310. The van der Waals surface area contributed by atoms with E-state index in [1.165, 1.54) is 19.3 Å². The summed E-state index contributed by atoms with van der Waals surface area (Å²) in [4.78, 5) is 9.98. The lowest BCUT2D eigenvalue weighted by molar-refractivity contribution is 0.282. The van der Waals surface area contributed by atoms with Crippen LogP contribution in [0.2, 0.25) is 0 Å². The van der Waals surface area contributed by atoms with Gasteiger partial charge in [-0.3, -0.25) is 0 Å². The second-order valence-electron chi connectivity index (χ2n) is 3.52. The first-order chi connectivity index (χ1) is 5.81. The third-order valence-electron chi connectivity index (χ3n) is 2.67. The highest BCUT2D eigenvalue weighted by molar-refractivity contribution is 7.61. The molecular formula is C8H16O3P. The number of hydrogen-bond acceptors (Lipinski definition) is 3. The molecule has 0 bridgehead atoms. The fourth-order valence-corrected chi connectivity index (χ4v) is 4.18. The van der Waals surface area contributed by atoms with Crippen molar-refractivity contribution in [2.45, 2.75) is 37.8 Å². The van der Waals surface area contributed by atoms with Gasteiger partial charge in [0.25, 0.3) is 0 Å². The van der Waals surface area contributed by atoms with Gasteiger partial charge in [-0.15, -0.1) is 0 Å². The van der Waals surface area contributed by atoms with Gasteiger partial charge in [-0.05, 0) is 12.8 Å². The van der Waals surface area contributed by atoms with E-state index >= 15 is 0 Å². The molecule has 2 aliphatic rings. The maximum Gasteiger partial charge on any atom is 0.234 e. The van der Waals surface area contributed by atoms with Crippen molar-refractivity contribution in [3.8, 4) is 0 Å². The van der Waals surface area contributed by atoms with Crippen LogP contribution in [0, 0.1) is 0 Å². The van der Waals surface area contributed by atoms with Gasteiger partial charge in [0.05, 0.1) is 13.2 Å². The van der Waals surface area contributed by atoms with Gasteiger partial charge < -0.3 is 13.9 Å². The van der Waals surface area contributed by atoms with Gasteiger partial charge >= 0.3 is 0 Å². The van der Waals surface area contributed by atoms with Gasteiger partial charge in [0.2, 0.25) is 7.94 Å². The summed E-state index contributed by atoms with van der Waals surface area (Å²) in [6, 6.07) is 0. The second kappa shape index (κ2) is 3.59. The number of rotatable bonds is 1. The summed E-state index contributed by atoms with van der Waals surface area (Å²) < 4.78 is 10.6. The smallest absolute Gasteiger partial charge is 0.234 e. The summed E-state index contributed by atoms with van der Waals surface area (Å²) in [6.07, 6.45) is 5.92. The van der Waals surface area contributed by atoms with Crippen LogP contribution in [-0.4, -0.2) is 23.8 Å². The third-order valence-corrected chi connectivity index (χ3v) is 5.22. The molecule has 2 fully saturated rings. The molecule has 4 heteroatoms. The summed E-state index contributed by atoms with van der Waals surface area (Å²) in [7, 11) is -2.40. The highest BCUT2D eigenvalue weighted by Gasteiger charge is 2.41. The van der Waals surface area contributed by atoms with E-state index in [1.807, 2.05) is 0 Å². The van der Waals surface area contributed by atoms with E-state index in [0.717, 1.165) is 12.8 Å². The Bertz CT molecular complexity index is 150. The predicted molar refractivity (Wildman–Crippen MR) is 47.9 cm³/mol. The zero-order chi connectivity index (χ0) is 8.44. The molecule has 0 amide bonds. The Morgan fingerprint density at radius 1 is 1.00 bits per heavy atom. The molecule has 0 aromatic carbocycles. The minimum Gasteiger partial charge on any atom is -0.335 e. The van der Waals surface area contributed by atoms with Gasteiger partial charge in [-0.2, -0.15) is 0 Å². The molecule has 12 heavy (non-hydrogen) atoms. The van der Waals surface area contributed by atoms with Crippen LogP contribution in [0.1, 0.15) is 32.1 Å². The van der Waals surface area contributed by atoms with Crippen LogP contribution in [0.5, 0.6) is 0 Å². The summed E-state index contributed by atoms with van der Waals surface area (Å²) in [5.74, 6) is 0. The molecule has 0 aromatic rings. The first-order valence-electron chi connectivity index (χ1n) is 4.72. The van der Waals surface area contributed by atoms with Gasteiger partial charge in [-0.1, -0.05) is 19.3 Å². The van der Waals surface area contributed by atoms with E-state index in [0.29, 0.717) is 18.9 Å². The van der Waals surface area contributed by atoms with Crippen molar-refractivity contribution in [2.75, 3.05) is 13.2 Å². The first kappa shape index (κ1) is 8.89. The molecule has 1 radical (unpaired) electrons. The van der Waals surface area contributed by atoms with E-state index < -0.39 is 7.94 Å². The molecule has 2 rings (SSSR count). The summed E-state index contributed by atoms with van der Waals surface area (Å²) in [5.41, 5.74) is 0.314. The zero-order valence-corrected chi connectivity index (χ0v) is 8.13. The Labute approximate surface area is 73.6 Å². The Balaban J connectivity index is 1.96. The van der Waals surface area contributed by atoms with Crippen LogP contribution in [-0.2, 0) is 9.05 Å². The molecular weight excluding hydrogens is 175 g/mol. The van der Waals surface area contributed by atoms with Gasteiger partial charge in [-0.25, -0.2) is 0 Å². The lowest BCUT2D eigenvalue weighted by Crippen LogP contribution is -2.17. The molecule has 1 aliphatic carbocycles. The average molecular weight is 191 g/mol. The largest absolute Gasteiger partial charge is 0.335 e. The maximum atomic E-state index is 9.98. The standard InChI is InChI=1S/C8H16O3P/c9-12(10-6-7-11-12)8-4-2-1-3-5-8/h8-9H,1-7H2. The normalized spacial score (nSPS) is 30.8. The van der Waals surface area contributed by atoms with Crippen molar-refractivity contribution in [2.24, 2.45) is 0 Å². The molecule has 71 valence electrons. The summed E-state index contributed by atoms with van der Waals surface area (Å²) in [5, 5.41) is 0. The molecule has 0 spiro atoms.